The molecule has 2 aromatic rings. The van der Waals surface area contributed by atoms with Crippen molar-refractivity contribution in [1.29, 1.82) is 0 Å². The number of benzene rings is 1. The Hall–Kier alpha value is -1.82. The molecule has 6 heteroatoms. The maximum atomic E-state index is 12.0. The summed E-state index contributed by atoms with van der Waals surface area (Å²) in [6.07, 6.45) is 0. The minimum atomic E-state index is -0.343. The molecular weight excluding hydrogens is 312 g/mol. The van der Waals surface area contributed by atoms with Crippen LogP contribution in [0.2, 0.25) is 0 Å². The number of aryl methyl sites for hydroxylation is 2. The molecule has 5 nitrogen and oxygen atoms in total. The van der Waals surface area contributed by atoms with Gasteiger partial charge in [0.1, 0.15) is 11.5 Å². The van der Waals surface area contributed by atoms with Gasteiger partial charge < -0.3 is 14.9 Å². The third kappa shape index (κ3) is 2.96. The zero-order chi connectivity index (χ0) is 14.0. The molecule has 0 radical (unpaired) electrons. The van der Waals surface area contributed by atoms with E-state index in [1.54, 1.807) is 19.1 Å². The predicted octanol–water partition coefficient (Wildman–Crippen LogP) is 2.69. The van der Waals surface area contributed by atoms with Crippen molar-refractivity contribution in [2.24, 2.45) is 0 Å². The fraction of sp³-hybridized carbons (Fsp3) is 0.231. The van der Waals surface area contributed by atoms with Crippen LogP contribution >= 0.6 is 15.9 Å². The van der Waals surface area contributed by atoms with Gasteiger partial charge in [-0.15, -0.1) is 0 Å². The lowest BCUT2D eigenvalue weighted by molar-refractivity contribution is 0.0948. The number of carbonyl (C=O) groups is 1. The lowest BCUT2D eigenvalue weighted by atomic mass is 10.1. The number of halogens is 1. The first kappa shape index (κ1) is 13.6. The number of phenols is 1. The van der Waals surface area contributed by atoms with Gasteiger partial charge in [-0.25, -0.2) is 0 Å². The van der Waals surface area contributed by atoms with E-state index in [9.17, 15) is 9.90 Å². The van der Waals surface area contributed by atoms with Crippen LogP contribution in [0.1, 0.15) is 27.4 Å². The number of nitrogens with zero attached hydrogens (tertiary/aromatic N) is 1. The lowest BCUT2D eigenvalue weighted by Gasteiger charge is -2.07. The number of hydrogen-bond donors (Lipinski definition) is 2. The van der Waals surface area contributed by atoms with Gasteiger partial charge in [-0.2, -0.15) is 0 Å². The molecule has 0 aliphatic carbocycles. The molecule has 0 aliphatic rings. The van der Waals surface area contributed by atoms with Gasteiger partial charge in [-0.05, 0) is 32.0 Å². The molecule has 0 saturated carbocycles. The molecule has 2 rings (SSSR count). The standard InChI is InChI=1S/C13H13BrN2O3/c1-7-11(8(2)19-16-7)6-15-13(18)10-4-3-9(14)5-12(10)17/h3-5,17H,6H2,1-2H3,(H,15,18). The highest BCUT2D eigenvalue weighted by Crippen LogP contribution is 2.22. The van der Waals surface area contributed by atoms with Gasteiger partial charge in [0.05, 0.1) is 11.3 Å². The normalized spacial score (nSPS) is 10.5. The van der Waals surface area contributed by atoms with E-state index in [4.69, 9.17) is 4.52 Å². The molecule has 0 bridgehead atoms. The highest BCUT2D eigenvalue weighted by molar-refractivity contribution is 9.10. The monoisotopic (exact) mass is 324 g/mol. The molecule has 100 valence electrons. The minimum Gasteiger partial charge on any atom is -0.507 e. The first-order chi connectivity index (χ1) is 8.99. The quantitative estimate of drug-likeness (QED) is 0.910. The second-order valence-electron chi connectivity index (χ2n) is 4.15. The molecule has 0 saturated heterocycles. The molecule has 1 aromatic carbocycles. The van der Waals surface area contributed by atoms with Crippen molar-refractivity contribution in [2.45, 2.75) is 20.4 Å². The Morgan fingerprint density at radius 2 is 2.21 bits per heavy atom. The van der Waals surface area contributed by atoms with E-state index in [2.05, 4.69) is 26.4 Å². The summed E-state index contributed by atoms with van der Waals surface area (Å²) >= 11 is 3.22. The molecule has 0 aliphatic heterocycles. The van der Waals surface area contributed by atoms with E-state index >= 15 is 0 Å². The molecule has 0 atom stereocenters. The number of aromatic hydroxyl groups is 1. The van der Waals surface area contributed by atoms with Gasteiger partial charge in [-0.3, -0.25) is 4.79 Å². The fourth-order valence-corrected chi connectivity index (χ4v) is 2.06. The summed E-state index contributed by atoms with van der Waals surface area (Å²) in [5.74, 6) is 0.272. The van der Waals surface area contributed by atoms with Gasteiger partial charge in [0, 0.05) is 16.6 Å². The van der Waals surface area contributed by atoms with Crippen LogP contribution in [0.15, 0.2) is 27.2 Å². The summed E-state index contributed by atoms with van der Waals surface area (Å²) in [5.41, 5.74) is 1.83. The zero-order valence-corrected chi connectivity index (χ0v) is 12.1. The van der Waals surface area contributed by atoms with E-state index in [-0.39, 0.29) is 17.2 Å². The number of phenolic OH excluding ortho intramolecular Hbond substituents is 1. The number of nitrogens with one attached hydrogen (secondary N) is 1. The molecule has 0 unspecified atom stereocenters. The molecule has 1 heterocycles. The summed E-state index contributed by atoms with van der Waals surface area (Å²) in [6.45, 7) is 3.92. The zero-order valence-electron chi connectivity index (χ0n) is 10.5. The second kappa shape index (κ2) is 5.44. The number of hydrogen-bond acceptors (Lipinski definition) is 4. The van der Waals surface area contributed by atoms with Gasteiger partial charge >= 0.3 is 0 Å². The largest absolute Gasteiger partial charge is 0.507 e. The summed E-state index contributed by atoms with van der Waals surface area (Å²) < 4.78 is 5.73. The average Bonchev–Trinajstić information content (AvgIpc) is 2.66. The topological polar surface area (TPSA) is 75.4 Å². The maximum absolute atomic E-state index is 12.0. The van der Waals surface area contributed by atoms with Gasteiger partial charge in [-0.1, -0.05) is 21.1 Å². The number of amides is 1. The molecule has 1 aromatic heterocycles. The SMILES string of the molecule is Cc1noc(C)c1CNC(=O)c1ccc(Br)cc1O. The van der Waals surface area contributed by atoms with E-state index in [1.807, 2.05) is 6.92 Å². The van der Waals surface area contributed by atoms with Gasteiger partial charge in [0.25, 0.3) is 5.91 Å². The Bertz CT molecular complexity index is 603. The van der Waals surface area contributed by atoms with Crippen LogP contribution in [-0.2, 0) is 6.54 Å². The van der Waals surface area contributed by atoms with Gasteiger partial charge in [0.15, 0.2) is 0 Å². The molecule has 0 fully saturated rings. The second-order valence-corrected chi connectivity index (χ2v) is 5.06. The summed E-state index contributed by atoms with van der Waals surface area (Å²) in [4.78, 5) is 12.0. The van der Waals surface area contributed by atoms with Crippen LogP contribution in [0.5, 0.6) is 5.75 Å². The average molecular weight is 325 g/mol. The van der Waals surface area contributed by atoms with Crippen molar-refractivity contribution in [3.8, 4) is 5.75 Å². The Balaban J connectivity index is 2.10. The fourth-order valence-electron chi connectivity index (χ4n) is 1.71. The molecule has 1 amide bonds. The van der Waals surface area contributed by atoms with Gasteiger partial charge in [0.2, 0.25) is 0 Å². The molecule has 19 heavy (non-hydrogen) atoms. The van der Waals surface area contributed by atoms with Crippen LogP contribution in [0.25, 0.3) is 0 Å². The smallest absolute Gasteiger partial charge is 0.255 e. The predicted molar refractivity (Wildman–Crippen MR) is 73.0 cm³/mol. The highest BCUT2D eigenvalue weighted by Gasteiger charge is 2.14. The van der Waals surface area contributed by atoms with Crippen molar-refractivity contribution in [3.63, 3.8) is 0 Å². The van der Waals surface area contributed by atoms with Crippen molar-refractivity contribution >= 4 is 21.8 Å². The van der Waals surface area contributed by atoms with Crippen molar-refractivity contribution in [1.82, 2.24) is 10.5 Å². The minimum absolute atomic E-state index is 0.0642. The van der Waals surface area contributed by atoms with Crippen molar-refractivity contribution in [3.05, 3.63) is 45.3 Å². The van der Waals surface area contributed by atoms with Crippen molar-refractivity contribution in [2.75, 3.05) is 0 Å². The van der Waals surface area contributed by atoms with E-state index in [1.165, 1.54) is 6.07 Å². The summed E-state index contributed by atoms with van der Waals surface area (Å²) in [6, 6.07) is 4.73. The molecule has 0 spiro atoms. The first-order valence-corrected chi connectivity index (χ1v) is 6.47. The maximum Gasteiger partial charge on any atom is 0.255 e. The number of carbonyl (C=O) groups excluding carboxylic acids is 1. The van der Waals surface area contributed by atoms with Crippen LogP contribution < -0.4 is 5.32 Å². The van der Waals surface area contributed by atoms with Crippen molar-refractivity contribution < 1.29 is 14.4 Å². The lowest BCUT2D eigenvalue weighted by Crippen LogP contribution is -2.23. The van der Waals surface area contributed by atoms with Crippen LogP contribution in [0.3, 0.4) is 0 Å². The van der Waals surface area contributed by atoms with E-state index in [0.717, 1.165) is 11.3 Å². The molecule has 2 N–H and O–H groups in total. The summed E-state index contributed by atoms with van der Waals surface area (Å²) in [5, 5.41) is 16.2. The molecular formula is C13H13BrN2O3. The number of rotatable bonds is 3. The van der Waals surface area contributed by atoms with E-state index < -0.39 is 0 Å². The first-order valence-electron chi connectivity index (χ1n) is 5.67. The Morgan fingerprint density at radius 3 is 2.79 bits per heavy atom. The number of aromatic nitrogens is 1. The van der Waals surface area contributed by atoms with Crippen LogP contribution in [-0.4, -0.2) is 16.2 Å². The third-order valence-corrected chi connectivity index (χ3v) is 3.30. The van der Waals surface area contributed by atoms with E-state index in [0.29, 0.717) is 16.8 Å². The highest BCUT2D eigenvalue weighted by atomic mass is 79.9. The van der Waals surface area contributed by atoms with Crippen LogP contribution in [0.4, 0.5) is 0 Å². The Kier molecular flexibility index (Phi) is 3.90. The van der Waals surface area contributed by atoms with Crippen LogP contribution in [0, 0.1) is 13.8 Å². The Morgan fingerprint density at radius 1 is 1.47 bits per heavy atom. The summed E-state index contributed by atoms with van der Waals surface area (Å²) in [7, 11) is 0. The Labute approximate surface area is 118 Å². The third-order valence-electron chi connectivity index (χ3n) is 2.81.